The first-order valence-electron chi connectivity index (χ1n) is 7.08. The number of aryl methyl sites for hydroxylation is 2. The Morgan fingerprint density at radius 1 is 1.26 bits per heavy atom. The zero-order valence-electron chi connectivity index (χ0n) is 11.9. The normalized spacial score (nSPS) is 12.5. The van der Waals surface area contributed by atoms with Gasteiger partial charge in [0.2, 0.25) is 0 Å². The van der Waals surface area contributed by atoms with Crippen LogP contribution in [0.25, 0.3) is 0 Å². The molecule has 0 bridgehead atoms. The number of hydrogen-bond acceptors (Lipinski definition) is 2. The average molecular weight is 273 g/mol. The van der Waals surface area contributed by atoms with Crippen molar-refractivity contribution in [2.24, 2.45) is 0 Å². The number of rotatable bonds is 7. The fraction of sp³-hybridized carbons (Fsp3) is 0.412. The molecule has 0 amide bonds. The maximum Gasteiger partial charge on any atom is 0.00201 e. The van der Waals surface area contributed by atoms with Gasteiger partial charge in [0.25, 0.3) is 0 Å². The Morgan fingerprint density at radius 2 is 2.16 bits per heavy atom. The number of hydrogen-bond donors (Lipinski definition) is 1. The minimum Gasteiger partial charge on any atom is -0.316 e. The molecule has 19 heavy (non-hydrogen) atoms. The Bertz CT molecular complexity index is 476. The maximum atomic E-state index is 3.50. The summed E-state index contributed by atoms with van der Waals surface area (Å²) in [6.45, 7) is 6.46. The molecule has 0 fully saturated rings. The van der Waals surface area contributed by atoms with Gasteiger partial charge in [0.05, 0.1) is 0 Å². The third kappa shape index (κ3) is 4.48. The number of benzene rings is 1. The lowest BCUT2D eigenvalue weighted by Gasteiger charge is -2.18. The van der Waals surface area contributed by atoms with Crippen molar-refractivity contribution >= 4 is 11.3 Å². The highest BCUT2D eigenvalue weighted by Crippen LogP contribution is 2.23. The molecule has 0 saturated heterocycles. The second-order valence-electron chi connectivity index (χ2n) is 5.09. The number of thiophene rings is 1. The Hall–Kier alpha value is -1.12. The zero-order valence-corrected chi connectivity index (χ0v) is 12.7. The third-order valence-electron chi connectivity index (χ3n) is 3.52. The highest BCUT2D eigenvalue weighted by atomic mass is 32.1. The van der Waals surface area contributed by atoms with Crippen LogP contribution in [0.4, 0.5) is 0 Å². The van der Waals surface area contributed by atoms with E-state index in [1.54, 1.807) is 11.3 Å². The Morgan fingerprint density at radius 3 is 2.84 bits per heavy atom. The van der Waals surface area contributed by atoms with Gasteiger partial charge in [0, 0.05) is 6.54 Å². The summed E-state index contributed by atoms with van der Waals surface area (Å²) in [6.07, 6.45) is 2.39. The lowest BCUT2D eigenvalue weighted by Crippen LogP contribution is -2.21. The first kappa shape index (κ1) is 14.3. The lowest BCUT2D eigenvalue weighted by atomic mass is 9.92. The van der Waals surface area contributed by atoms with Crippen LogP contribution in [0.2, 0.25) is 0 Å². The minimum absolute atomic E-state index is 0.611. The van der Waals surface area contributed by atoms with E-state index in [0.717, 1.165) is 13.1 Å². The standard InChI is InChI=1S/C17H23NS/c1-3-18-12-17(8-7-15-9-10-19-13-15)16-6-4-5-14(2)11-16/h4-6,9-11,13,17-18H,3,7-8,12H2,1-2H3. The Balaban J connectivity index is 2.02. The molecule has 1 heterocycles. The van der Waals surface area contributed by atoms with Crippen LogP contribution < -0.4 is 5.32 Å². The topological polar surface area (TPSA) is 12.0 Å². The molecule has 1 atom stereocenters. The zero-order chi connectivity index (χ0) is 13.5. The molecule has 102 valence electrons. The first-order chi connectivity index (χ1) is 9.29. The molecule has 1 nitrogen and oxygen atoms in total. The second kappa shape index (κ2) is 7.46. The minimum atomic E-state index is 0.611. The van der Waals surface area contributed by atoms with Crippen LogP contribution >= 0.6 is 11.3 Å². The quantitative estimate of drug-likeness (QED) is 0.789. The maximum absolute atomic E-state index is 3.50. The lowest BCUT2D eigenvalue weighted by molar-refractivity contribution is 0.562. The van der Waals surface area contributed by atoms with Crippen LogP contribution in [0, 0.1) is 6.92 Å². The van der Waals surface area contributed by atoms with E-state index in [2.05, 4.69) is 60.3 Å². The van der Waals surface area contributed by atoms with Crippen molar-refractivity contribution in [3.05, 3.63) is 57.8 Å². The van der Waals surface area contributed by atoms with Gasteiger partial charge in [0.15, 0.2) is 0 Å². The van der Waals surface area contributed by atoms with E-state index in [9.17, 15) is 0 Å². The third-order valence-corrected chi connectivity index (χ3v) is 4.25. The van der Waals surface area contributed by atoms with Crippen molar-refractivity contribution in [2.75, 3.05) is 13.1 Å². The molecule has 1 unspecified atom stereocenters. The average Bonchev–Trinajstić information content (AvgIpc) is 2.92. The molecular formula is C17H23NS. The molecule has 0 spiro atoms. The summed E-state index contributed by atoms with van der Waals surface area (Å²) >= 11 is 1.79. The number of likely N-dealkylation sites (N-methyl/N-ethyl adjacent to an activating group) is 1. The highest BCUT2D eigenvalue weighted by Gasteiger charge is 2.11. The van der Waals surface area contributed by atoms with Gasteiger partial charge in [-0.15, -0.1) is 0 Å². The SMILES string of the molecule is CCNCC(CCc1ccsc1)c1cccc(C)c1. The van der Waals surface area contributed by atoms with Gasteiger partial charge in [-0.1, -0.05) is 36.8 Å². The van der Waals surface area contributed by atoms with Crippen LogP contribution in [0.5, 0.6) is 0 Å². The van der Waals surface area contributed by atoms with E-state index in [0.29, 0.717) is 5.92 Å². The predicted octanol–water partition coefficient (Wildman–Crippen LogP) is 4.38. The monoisotopic (exact) mass is 273 g/mol. The summed E-state index contributed by atoms with van der Waals surface area (Å²) in [6, 6.07) is 11.2. The van der Waals surface area contributed by atoms with Crippen molar-refractivity contribution in [1.29, 1.82) is 0 Å². The van der Waals surface area contributed by atoms with Crippen molar-refractivity contribution < 1.29 is 0 Å². The van der Waals surface area contributed by atoms with Crippen LogP contribution in [0.15, 0.2) is 41.1 Å². The summed E-state index contributed by atoms with van der Waals surface area (Å²) in [5, 5.41) is 7.93. The largest absolute Gasteiger partial charge is 0.316 e. The molecule has 1 aromatic heterocycles. The number of nitrogens with one attached hydrogen (secondary N) is 1. The molecule has 1 N–H and O–H groups in total. The van der Waals surface area contributed by atoms with E-state index < -0.39 is 0 Å². The highest BCUT2D eigenvalue weighted by molar-refractivity contribution is 7.07. The molecule has 0 saturated carbocycles. The van der Waals surface area contributed by atoms with E-state index in [1.165, 1.54) is 29.5 Å². The summed E-state index contributed by atoms with van der Waals surface area (Å²) in [7, 11) is 0. The van der Waals surface area contributed by atoms with E-state index in [1.807, 2.05) is 0 Å². The molecule has 0 radical (unpaired) electrons. The predicted molar refractivity (Wildman–Crippen MR) is 85.1 cm³/mol. The summed E-state index contributed by atoms with van der Waals surface area (Å²) in [4.78, 5) is 0. The van der Waals surface area contributed by atoms with Crippen LogP contribution in [0.1, 0.15) is 36.0 Å². The second-order valence-corrected chi connectivity index (χ2v) is 5.87. The molecule has 0 aliphatic heterocycles. The smallest absolute Gasteiger partial charge is 0.00201 e. The van der Waals surface area contributed by atoms with Crippen LogP contribution in [-0.2, 0) is 6.42 Å². The molecule has 2 aromatic rings. The Kier molecular flexibility index (Phi) is 5.62. The van der Waals surface area contributed by atoms with Crippen molar-refractivity contribution in [3.8, 4) is 0 Å². The summed E-state index contributed by atoms with van der Waals surface area (Å²) < 4.78 is 0. The van der Waals surface area contributed by atoms with Gasteiger partial charge in [-0.3, -0.25) is 0 Å². The molecule has 0 aliphatic rings. The summed E-state index contributed by atoms with van der Waals surface area (Å²) in [5.41, 5.74) is 4.30. The summed E-state index contributed by atoms with van der Waals surface area (Å²) in [5.74, 6) is 0.611. The molecule has 0 aliphatic carbocycles. The van der Waals surface area contributed by atoms with Crippen molar-refractivity contribution in [1.82, 2.24) is 5.32 Å². The Labute approximate surface area is 120 Å². The van der Waals surface area contributed by atoms with Gasteiger partial charge in [-0.05, 0) is 60.2 Å². The first-order valence-corrected chi connectivity index (χ1v) is 8.02. The van der Waals surface area contributed by atoms with Gasteiger partial charge in [-0.2, -0.15) is 11.3 Å². The van der Waals surface area contributed by atoms with Crippen LogP contribution in [-0.4, -0.2) is 13.1 Å². The van der Waals surface area contributed by atoms with Crippen molar-refractivity contribution in [2.45, 2.75) is 32.6 Å². The van der Waals surface area contributed by atoms with E-state index in [-0.39, 0.29) is 0 Å². The van der Waals surface area contributed by atoms with E-state index in [4.69, 9.17) is 0 Å². The molecule has 2 rings (SSSR count). The fourth-order valence-corrected chi connectivity index (χ4v) is 3.11. The van der Waals surface area contributed by atoms with E-state index >= 15 is 0 Å². The van der Waals surface area contributed by atoms with Gasteiger partial charge in [-0.25, -0.2) is 0 Å². The van der Waals surface area contributed by atoms with Gasteiger partial charge in [0.1, 0.15) is 0 Å². The fourth-order valence-electron chi connectivity index (χ4n) is 2.41. The van der Waals surface area contributed by atoms with Crippen molar-refractivity contribution in [3.63, 3.8) is 0 Å². The molecule has 1 aromatic carbocycles. The van der Waals surface area contributed by atoms with Crippen LogP contribution in [0.3, 0.4) is 0 Å². The molecular weight excluding hydrogens is 250 g/mol. The molecule has 2 heteroatoms. The van der Waals surface area contributed by atoms with Gasteiger partial charge >= 0.3 is 0 Å². The van der Waals surface area contributed by atoms with Gasteiger partial charge < -0.3 is 5.32 Å².